The Balaban J connectivity index is 1.81. The van der Waals surface area contributed by atoms with Crippen LogP contribution in [0.25, 0.3) is 0 Å². The second-order valence-corrected chi connectivity index (χ2v) is 8.30. The highest BCUT2D eigenvalue weighted by atomic mass is 32.1. The van der Waals surface area contributed by atoms with Gasteiger partial charge in [0.05, 0.1) is 25.4 Å². The fourth-order valence-electron chi connectivity index (χ4n) is 3.79. The number of carbonyl (C=O) groups excluding carboxylic acids is 1. The second-order valence-electron chi connectivity index (χ2n) is 7.41. The molecular weight excluding hydrogens is 451 g/mol. The summed E-state index contributed by atoms with van der Waals surface area (Å²) in [5, 5.41) is 15.2. The Morgan fingerprint density at radius 2 is 2.27 bits per heavy atom. The molecule has 2 aliphatic heterocycles. The van der Waals surface area contributed by atoms with Crippen LogP contribution in [0.2, 0.25) is 0 Å². The predicted molar refractivity (Wildman–Crippen MR) is 118 cm³/mol. The third kappa shape index (κ3) is 5.10. The summed E-state index contributed by atoms with van der Waals surface area (Å²) in [7, 11) is 0. The number of carbonyl (C=O) groups is 2. The Hall–Kier alpha value is -3.15. The molecule has 1 aromatic carbocycles. The van der Waals surface area contributed by atoms with Gasteiger partial charge in [-0.1, -0.05) is 12.1 Å². The van der Waals surface area contributed by atoms with Crippen molar-refractivity contribution >= 4 is 29.1 Å². The lowest BCUT2D eigenvalue weighted by molar-refractivity contribution is -0.149. The lowest BCUT2D eigenvalue weighted by Crippen LogP contribution is -2.52. The zero-order chi connectivity index (χ0) is 23.4. The Kier molecular flexibility index (Phi) is 7.11. The molecule has 174 valence electrons. The number of hydrogen-bond donors (Lipinski definition) is 2. The maximum Gasteiger partial charge on any atom is 0.338 e. The average molecular weight is 475 g/mol. The minimum absolute atomic E-state index is 0.0398. The molecule has 1 saturated heterocycles. The fourth-order valence-corrected chi connectivity index (χ4v) is 4.38. The van der Waals surface area contributed by atoms with Crippen LogP contribution in [0.5, 0.6) is 0 Å². The number of aliphatic imine (C=N–C) groups is 1. The SMILES string of the molecule is CCOC(=O)C1=C(CN2CCOC[C@H]2C(=O)O)NC(c2nccs2)=NC1c1cccc(F)c1. The van der Waals surface area contributed by atoms with Gasteiger partial charge in [-0.15, -0.1) is 11.3 Å². The van der Waals surface area contributed by atoms with Gasteiger partial charge < -0.3 is 19.9 Å². The lowest BCUT2D eigenvalue weighted by atomic mass is 9.95. The number of amidine groups is 1. The molecule has 11 heteroatoms. The summed E-state index contributed by atoms with van der Waals surface area (Å²) < 4.78 is 24.7. The quantitative estimate of drug-likeness (QED) is 0.586. The van der Waals surface area contributed by atoms with Crippen LogP contribution in [-0.4, -0.2) is 71.7 Å². The number of rotatable bonds is 7. The first-order valence-corrected chi connectivity index (χ1v) is 11.3. The molecule has 2 aromatic rings. The third-order valence-electron chi connectivity index (χ3n) is 5.31. The largest absolute Gasteiger partial charge is 0.480 e. The molecule has 0 bridgehead atoms. The van der Waals surface area contributed by atoms with Gasteiger partial charge in [-0.05, 0) is 24.6 Å². The van der Waals surface area contributed by atoms with E-state index in [-0.39, 0.29) is 25.3 Å². The number of nitrogens with zero attached hydrogens (tertiary/aromatic N) is 3. The molecule has 1 aromatic heterocycles. The maximum atomic E-state index is 14.1. The van der Waals surface area contributed by atoms with Crippen LogP contribution in [0.4, 0.5) is 4.39 Å². The van der Waals surface area contributed by atoms with Crippen LogP contribution < -0.4 is 5.32 Å². The van der Waals surface area contributed by atoms with Crippen molar-refractivity contribution in [3.05, 3.63) is 63.5 Å². The molecule has 2 N–H and O–H groups in total. The summed E-state index contributed by atoms with van der Waals surface area (Å²) in [4.78, 5) is 35.6. The number of morpholine rings is 1. The van der Waals surface area contributed by atoms with Crippen molar-refractivity contribution in [2.45, 2.75) is 19.0 Å². The Bertz CT molecular complexity index is 1090. The van der Waals surface area contributed by atoms with Crippen LogP contribution in [0.15, 0.2) is 52.1 Å². The first-order valence-electron chi connectivity index (χ1n) is 10.4. The standard InChI is InChI=1S/C22H23FN4O5S/c1-2-32-22(30)17-15(11-27-7-8-31-12-16(27)21(28)29)25-19(20-24-6-9-33-20)26-18(17)13-4-3-5-14(23)10-13/h3-6,9-10,16,18H,2,7-8,11-12H2,1H3,(H,25,26)(H,28,29)/t16-,18?/m0/s1. The Morgan fingerprint density at radius 3 is 2.97 bits per heavy atom. The number of esters is 1. The first-order chi connectivity index (χ1) is 16.0. The molecule has 1 unspecified atom stereocenters. The van der Waals surface area contributed by atoms with Gasteiger partial charge in [-0.3, -0.25) is 14.7 Å². The summed E-state index contributed by atoms with van der Waals surface area (Å²) in [6, 6.07) is 4.16. The van der Waals surface area contributed by atoms with Crippen molar-refractivity contribution in [2.75, 3.05) is 32.9 Å². The monoisotopic (exact) mass is 474 g/mol. The number of carboxylic acids is 1. The third-order valence-corrected chi connectivity index (χ3v) is 6.09. The molecule has 0 spiro atoms. The highest BCUT2D eigenvalue weighted by Gasteiger charge is 2.36. The van der Waals surface area contributed by atoms with Crippen molar-refractivity contribution in [1.29, 1.82) is 0 Å². The maximum absolute atomic E-state index is 14.1. The van der Waals surface area contributed by atoms with E-state index in [4.69, 9.17) is 9.47 Å². The molecule has 33 heavy (non-hydrogen) atoms. The number of thiazole rings is 1. The van der Waals surface area contributed by atoms with Gasteiger partial charge in [0, 0.05) is 30.4 Å². The van der Waals surface area contributed by atoms with Crippen molar-refractivity contribution in [3.8, 4) is 0 Å². The summed E-state index contributed by atoms with van der Waals surface area (Å²) in [6.07, 6.45) is 1.63. The van der Waals surface area contributed by atoms with Crippen LogP contribution in [0.1, 0.15) is 23.5 Å². The second kappa shape index (κ2) is 10.2. The molecule has 9 nitrogen and oxygen atoms in total. The normalized spacial score (nSPS) is 21.3. The Morgan fingerprint density at radius 1 is 1.42 bits per heavy atom. The van der Waals surface area contributed by atoms with Crippen molar-refractivity contribution in [1.82, 2.24) is 15.2 Å². The zero-order valence-corrected chi connectivity index (χ0v) is 18.7. The van der Waals surface area contributed by atoms with Gasteiger partial charge in [0.2, 0.25) is 0 Å². The van der Waals surface area contributed by atoms with Gasteiger partial charge in [0.25, 0.3) is 0 Å². The molecule has 0 aliphatic carbocycles. The van der Waals surface area contributed by atoms with Crippen molar-refractivity contribution in [2.24, 2.45) is 4.99 Å². The number of hydrogen-bond acceptors (Lipinski definition) is 9. The molecular formula is C22H23FN4O5S. The van der Waals surface area contributed by atoms with Crippen molar-refractivity contribution < 1.29 is 28.6 Å². The number of aromatic nitrogens is 1. The fraction of sp³-hybridized carbons (Fsp3) is 0.364. The van der Waals surface area contributed by atoms with E-state index in [1.54, 1.807) is 35.5 Å². The molecule has 2 aliphatic rings. The molecule has 4 rings (SSSR count). The molecule has 1 fully saturated rings. The molecule has 0 amide bonds. The Labute approximate surface area is 193 Å². The predicted octanol–water partition coefficient (Wildman–Crippen LogP) is 1.98. The van der Waals surface area contributed by atoms with Crippen LogP contribution in [-0.2, 0) is 19.1 Å². The highest BCUT2D eigenvalue weighted by Crippen LogP contribution is 2.33. The van der Waals surface area contributed by atoms with E-state index in [9.17, 15) is 19.1 Å². The van der Waals surface area contributed by atoms with Gasteiger partial charge in [0.1, 0.15) is 17.9 Å². The smallest absolute Gasteiger partial charge is 0.338 e. The van der Waals surface area contributed by atoms with Gasteiger partial charge in [-0.25, -0.2) is 14.2 Å². The summed E-state index contributed by atoms with van der Waals surface area (Å²) in [5.74, 6) is -1.65. The molecule has 3 heterocycles. The lowest BCUT2D eigenvalue weighted by Gasteiger charge is -2.35. The molecule has 0 radical (unpaired) electrons. The highest BCUT2D eigenvalue weighted by molar-refractivity contribution is 7.11. The number of ether oxygens (including phenoxy) is 2. The van der Waals surface area contributed by atoms with E-state index in [1.807, 2.05) is 0 Å². The average Bonchev–Trinajstić information content (AvgIpc) is 3.34. The van der Waals surface area contributed by atoms with Gasteiger partial charge >= 0.3 is 11.9 Å². The number of aliphatic carboxylic acids is 1. The van der Waals surface area contributed by atoms with Crippen LogP contribution in [0, 0.1) is 5.82 Å². The summed E-state index contributed by atoms with van der Waals surface area (Å²) in [6.45, 7) is 2.73. The van der Waals surface area contributed by atoms with Gasteiger partial charge in [-0.2, -0.15) is 0 Å². The molecule has 0 saturated carbocycles. The van der Waals surface area contributed by atoms with E-state index in [0.29, 0.717) is 35.3 Å². The number of carboxylic acid groups (broad SMARTS) is 1. The van der Waals surface area contributed by atoms with E-state index in [1.165, 1.54) is 23.5 Å². The minimum Gasteiger partial charge on any atom is -0.480 e. The number of benzene rings is 1. The van der Waals surface area contributed by atoms with Gasteiger partial charge in [0.15, 0.2) is 10.8 Å². The number of halogens is 1. The topological polar surface area (TPSA) is 113 Å². The summed E-state index contributed by atoms with van der Waals surface area (Å²) >= 11 is 1.36. The van der Waals surface area contributed by atoms with Crippen LogP contribution in [0.3, 0.4) is 0 Å². The first kappa shape index (κ1) is 23.0. The van der Waals surface area contributed by atoms with E-state index in [0.717, 1.165) is 0 Å². The van der Waals surface area contributed by atoms with E-state index < -0.39 is 29.8 Å². The minimum atomic E-state index is -1.01. The van der Waals surface area contributed by atoms with E-state index >= 15 is 0 Å². The van der Waals surface area contributed by atoms with E-state index in [2.05, 4.69) is 15.3 Å². The molecule has 2 atom stereocenters. The summed E-state index contributed by atoms with van der Waals surface area (Å²) in [5.41, 5.74) is 1.12. The van der Waals surface area contributed by atoms with Crippen molar-refractivity contribution in [3.63, 3.8) is 0 Å². The number of nitrogens with one attached hydrogen (secondary N) is 1. The zero-order valence-electron chi connectivity index (χ0n) is 17.9. The van der Waals surface area contributed by atoms with Crippen LogP contribution >= 0.6 is 11.3 Å².